The summed E-state index contributed by atoms with van der Waals surface area (Å²) in [6, 6.07) is 8.71. The lowest BCUT2D eigenvalue weighted by atomic mass is 9.99. The molecular weight excluding hydrogens is 222 g/mol. The molecule has 2 rings (SSSR count). The van der Waals surface area contributed by atoms with Gasteiger partial charge >= 0.3 is 0 Å². The molecule has 96 valence electrons. The highest BCUT2D eigenvalue weighted by Crippen LogP contribution is 2.26. The smallest absolute Gasteiger partial charge is 0.0795 e. The summed E-state index contributed by atoms with van der Waals surface area (Å²) in [5.74, 6) is 0.561. The molecule has 0 spiro atoms. The van der Waals surface area contributed by atoms with Crippen LogP contribution in [-0.4, -0.2) is 9.78 Å². The summed E-state index contributed by atoms with van der Waals surface area (Å²) < 4.78 is 1.92. The number of benzene rings is 1. The molecule has 0 fully saturated rings. The first-order valence-electron chi connectivity index (χ1n) is 6.37. The van der Waals surface area contributed by atoms with Gasteiger partial charge in [0, 0.05) is 19.2 Å². The fraction of sp³-hybridized carbons (Fsp3) is 0.400. The molecule has 0 amide bonds. The molecule has 0 bridgehead atoms. The second-order valence-corrected chi connectivity index (χ2v) is 5.02. The number of hydrogen-bond donors (Lipinski definition) is 1. The molecule has 0 atom stereocenters. The Kier molecular flexibility index (Phi) is 3.53. The number of aromatic nitrogens is 2. The van der Waals surface area contributed by atoms with E-state index in [1.807, 2.05) is 11.7 Å². The van der Waals surface area contributed by atoms with Gasteiger partial charge in [0.2, 0.25) is 0 Å². The van der Waals surface area contributed by atoms with Crippen LogP contribution in [0.2, 0.25) is 0 Å². The lowest BCUT2D eigenvalue weighted by Crippen LogP contribution is -1.99. The second-order valence-electron chi connectivity index (χ2n) is 5.02. The Morgan fingerprint density at radius 1 is 1.22 bits per heavy atom. The molecule has 0 saturated carbocycles. The average molecular weight is 243 g/mol. The van der Waals surface area contributed by atoms with E-state index in [-0.39, 0.29) is 0 Å². The topological polar surface area (TPSA) is 43.8 Å². The van der Waals surface area contributed by atoms with E-state index in [0.717, 1.165) is 11.4 Å². The zero-order chi connectivity index (χ0) is 13.3. The van der Waals surface area contributed by atoms with Crippen molar-refractivity contribution in [3.8, 4) is 11.3 Å². The Balaban J connectivity index is 2.45. The molecule has 2 aromatic rings. The van der Waals surface area contributed by atoms with E-state index < -0.39 is 0 Å². The van der Waals surface area contributed by atoms with Crippen LogP contribution in [0.25, 0.3) is 11.3 Å². The van der Waals surface area contributed by atoms with Gasteiger partial charge in [-0.2, -0.15) is 5.10 Å². The van der Waals surface area contributed by atoms with Crippen LogP contribution in [0.1, 0.15) is 36.6 Å². The van der Waals surface area contributed by atoms with E-state index in [4.69, 9.17) is 5.73 Å². The lowest BCUT2D eigenvalue weighted by molar-refractivity contribution is 0.749. The van der Waals surface area contributed by atoms with Gasteiger partial charge in [-0.3, -0.25) is 4.68 Å². The van der Waals surface area contributed by atoms with Gasteiger partial charge in [0.15, 0.2) is 0 Å². The summed E-state index contributed by atoms with van der Waals surface area (Å²) in [6.07, 6.45) is 0. The van der Waals surface area contributed by atoms with Gasteiger partial charge in [0.25, 0.3) is 0 Å². The van der Waals surface area contributed by atoms with Crippen LogP contribution in [-0.2, 0) is 13.6 Å². The molecule has 3 heteroatoms. The Morgan fingerprint density at radius 3 is 2.28 bits per heavy atom. The molecule has 1 heterocycles. The van der Waals surface area contributed by atoms with Crippen LogP contribution < -0.4 is 5.73 Å². The fourth-order valence-electron chi connectivity index (χ4n) is 2.31. The molecule has 1 aromatic heterocycles. The normalized spacial score (nSPS) is 11.2. The molecule has 0 aliphatic rings. The molecule has 0 aliphatic carbocycles. The summed E-state index contributed by atoms with van der Waals surface area (Å²) >= 11 is 0. The molecule has 0 saturated heterocycles. The number of nitrogens with two attached hydrogens (primary N) is 1. The van der Waals surface area contributed by atoms with E-state index in [1.165, 1.54) is 16.7 Å². The van der Waals surface area contributed by atoms with Crippen LogP contribution in [0.4, 0.5) is 0 Å². The number of hydrogen-bond acceptors (Lipinski definition) is 2. The van der Waals surface area contributed by atoms with Crippen molar-refractivity contribution in [3.63, 3.8) is 0 Å². The van der Waals surface area contributed by atoms with Gasteiger partial charge in [-0.1, -0.05) is 38.1 Å². The highest BCUT2D eigenvalue weighted by atomic mass is 15.3. The minimum Gasteiger partial charge on any atom is -0.325 e. The minimum absolute atomic E-state index is 0.490. The number of aryl methyl sites for hydroxylation is 1. The van der Waals surface area contributed by atoms with Gasteiger partial charge < -0.3 is 5.73 Å². The fourth-order valence-corrected chi connectivity index (χ4v) is 2.31. The molecule has 3 nitrogen and oxygen atoms in total. The number of nitrogens with zero attached hydrogens (tertiary/aromatic N) is 2. The largest absolute Gasteiger partial charge is 0.325 e. The van der Waals surface area contributed by atoms with Crippen molar-refractivity contribution in [1.29, 1.82) is 0 Å². The van der Waals surface area contributed by atoms with Crippen LogP contribution in [0, 0.1) is 6.92 Å². The summed E-state index contributed by atoms with van der Waals surface area (Å²) in [4.78, 5) is 0. The highest BCUT2D eigenvalue weighted by Gasteiger charge is 2.12. The van der Waals surface area contributed by atoms with E-state index in [0.29, 0.717) is 12.5 Å². The van der Waals surface area contributed by atoms with E-state index in [9.17, 15) is 0 Å². The minimum atomic E-state index is 0.490. The monoisotopic (exact) mass is 243 g/mol. The quantitative estimate of drug-likeness (QED) is 0.900. The maximum absolute atomic E-state index is 5.70. The third-order valence-corrected chi connectivity index (χ3v) is 3.43. The molecule has 2 N–H and O–H groups in total. The lowest BCUT2D eigenvalue weighted by Gasteiger charge is -2.08. The van der Waals surface area contributed by atoms with Gasteiger partial charge in [0.05, 0.1) is 11.4 Å². The predicted octanol–water partition coefficient (Wildman–Crippen LogP) is 2.98. The third-order valence-electron chi connectivity index (χ3n) is 3.43. The maximum atomic E-state index is 5.70. The first-order chi connectivity index (χ1) is 8.54. The van der Waals surface area contributed by atoms with Crippen molar-refractivity contribution >= 4 is 0 Å². The first-order valence-corrected chi connectivity index (χ1v) is 6.37. The summed E-state index contributed by atoms with van der Waals surface area (Å²) in [5.41, 5.74) is 11.6. The van der Waals surface area contributed by atoms with Crippen molar-refractivity contribution in [2.24, 2.45) is 12.8 Å². The van der Waals surface area contributed by atoms with E-state index >= 15 is 0 Å². The zero-order valence-electron chi connectivity index (χ0n) is 11.6. The van der Waals surface area contributed by atoms with Gasteiger partial charge in [0.1, 0.15) is 0 Å². The predicted molar refractivity (Wildman–Crippen MR) is 75.4 cm³/mol. The summed E-state index contributed by atoms with van der Waals surface area (Å²) in [5, 5.41) is 4.45. The second kappa shape index (κ2) is 4.94. The molecule has 1 aromatic carbocycles. The first kappa shape index (κ1) is 12.8. The Labute approximate surface area is 109 Å². The molecule has 18 heavy (non-hydrogen) atoms. The molecule has 0 aliphatic heterocycles. The molecule has 0 unspecified atom stereocenters. The van der Waals surface area contributed by atoms with Crippen LogP contribution in [0.3, 0.4) is 0 Å². The van der Waals surface area contributed by atoms with Crippen molar-refractivity contribution < 1.29 is 0 Å². The molecule has 0 radical (unpaired) electrons. The van der Waals surface area contributed by atoms with E-state index in [2.05, 4.69) is 50.1 Å². The Morgan fingerprint density at radius 2 is 1.83 bits per heavy atom. The van der Waals surface area contributed by atoms with E-state index in [1.54, 1.807) is 0 Å². The standard InChI is InChI=1S/C15H21N3/c1-10(2)12-5-7-13(8-6-12)15-11(3)14(9-16)17-18(15)4/h5-8,10H,9,16H2,1-4H3. The third kappa shape index (κ3) is 2.18. The Hall–Kier alpha value is -1.61. The highest BCUT2D eigenvalue weighted by molar-refractivity contribution is 5.64. The zero-order valence-corrected chi connectivity index (χ0v) is 11.6. The summed E-state index contributed by atoms with van der Waals surface area (Å²) in [7, 11) is 1.97. The summed E-state index contributed by atoms with van der Waals surface area (Å²) in [6.45, 7) is 6.98. The SMILES string of the molecule is Cc1c(CN)nn(C)c1-c1ccc(C(C)C)cc1. The van der Waals surface area contributed by atoms with Crippen molar-refractivity contribution in [2.45, 2.75) is 33.2 Å². The molecular formula is C15H21N3. The van der Waals surface area contributed by atoms with Crippen LogP contribution in [0.15, 0.2) is 24.3 Å². The number of rotatable bonds is 3. The van der Waals surface area contributed by atoms with Crippen molar-refractivity contribution in [2.75, 3.05) is 0 Å². The van der Waals surface area contributed by atoms with Gasteiger partial charge in [-0.05, 0) is 24.0 Å². The van der Waals surface area contributed by atoms with Crippen LogP contribution in [0.5, 0.6) is 0 Å². The van der Waals surface area contributed by atoms with Crippen molar-refractivity contribution in [3.05, 3.63) is 41.1 Å². The van der Waals surface area contributed by atoms with Gasteiger partial charge in [-0.15, -0.1) is 0 Å². The average Bonchev–Trinajstić information content (AvgIpc) is 2.64. The maximum Gasteiger partial charge on any atom is 0.0795 e. The van der Waals surface area contributed by atoms with Crippen LogP contribution >= 0.6 is 0 Å². The van der Waals surface area contributed by atoms with Gasteiger partial charge in [-0.25, -0.2) is 0 Å². The van der Waals surface area contributed by atoms with Crippen molar-refractivity contribution in [1.82, 2.24) is 9.78 Å². The Bertz CT molecular complexity index is 536.